The number of amides is 2. The lowest BCUT2D eigenvalue weighted by molar-refractivity contribution is -0.128. The highest BCUT2D eigenvalue weighted by molar-refractivity contribution is 5.83. The molecule has 1 unspecified atom stereocenters. The minimum atomic E-state index is -0.112. The number of piperidine rings is 1. The van der Waals surface area contributed by atoms with E-state index in [1.54, 1.807) is 0 Å². The van der Waals surface area contributed by atoms with Gasteiger partial charge in [0.15, 0.2) is 11.5 Å². The minimum absolute atomic E-state index is 0.00995. The number of rotatable bonds is 4. The van der Waals surface area contributed by atoms with E-state index in [1.807, 2.05) is 18.2 Å². The molecular formula is C15H18N2O4. The molecule has 6 heteroatoms. The number of benzene rings is 1. The summed E-state index contributed by atoms with van der Waals surface area (Å²) in [6.07, 6.45) is 1.80. The fourth-order valence-electron chi connectivity index (χ4n) is 2.53. The molecular weight excluding hydrogens is 272 g/mol. The van der Waals surface area contributed by atoms with Crippen LogP contribution in [0.5, 0.6) is 11.5 Å². The Kier molecular flexibility index (Phi) is 3.94. The molecule has 1 aromatic rings. The van der Waals surface area contributed by atoms with Crippen LogP contribution in [0.25, 0.3) is 0 Å². The summed E-state index contributed by atoms with van der Waals surface area (Å²) in [4.78, 5) is 23.0. The summed E-state index contributed by atoms with van der Waals surface area (Å²) in [5.74, 6) is 1.45. The summed E-state index contributed by atoms with van der Waals surface area (Å²) >= 11 is 0. The second kappa shape index (κ2) is 6.03. The maximum atomic E-state index is 12.0. The first-order valence-electron chi connectivity index (χ1n) is 7.15. The Balaban J connectivity index is 1.45. The van der Waals surface area contributed by atoms with Gasteiger partial charge >= 0.3 is 0 Å². The van der Waals surface area contributed by atoms with E-state index >= 15 is 0 Å². The monoisotopic (exact) mass is 290 g/mol. The molecule has 0 radical (unpaired) electrons. The Labute approximate surface area is 122 Å². The van der Waals surface area contributed by atoms with E-state index in [2.05, 4.69) is 10.6 Å². The summed E-state index contributed by atoms with van der Waals surface area (Å²) in [5.41, 5.74) is 1.09. The van der Waals surface area contributed by atoms with Crippen LogP contribution < -0.4 is 20.1 Å². The number of carbonyl (C=O) groups excluding carboxylic acids is 2. The molecule has 2 amide bonds. The van der Waals surface area contributed by atoms with E-state index in [9.17, 15) is 9.59 Å². The van der Waals surface area contributed by atoms with Crippen LogP contribution >= 0.6 is 0 Å². The number of nitrogens with one attached hydrogen (secondary N) is 2. The predicted molar refractivity (Wildman–Crippen MR) is 75.0 cm³/mol. The van der Waals surface area contributed by atoms with E-state index in [4.69, 9.17) is 9.47 Å². The fourth-order valence-corrected chi connectivity index (χ4v) is 2.53. The third-order valence-electron chi connectivity index (χ3n) is 3.79. The van der Waals surface area contributed by atoms with Gasteiger partial charge < -0.3 is 20.1 Å². The highest BCUT2D eigenvalue weighted by atomic mass is 16.7. The minimum Gasteiger partial charge on any atom is -0.454 e. The average Bonchev–Trinajstić information content (AvgIpc) is 2.95. The summed E-state index contributed by atoms with van der Waals surface area (Å²) < 4.78 is 10.6. The summed E-state index contributed by atoms with van der Waals surface area (Å²) in [6, 6.07) is 5.80. The van der Waals surface area contributed by atoms with Gasteiger partial charge in [-0.25, -0.2) is 0 Å². The number of hydrogen-bond acceptors (Lipinski definition) is 4. The summed E-state index contributed by atoms with van der Waals surface area (Å²) in [6.45, 7) is 1.28. The van der Waals surface area contributed by atoms with Gasteiger partial charge in [0.2, 0.25) is 18.6 Å². The molecule has 1 saturated heterocycles. The van der Waals surface area contributed by atoms with Gasteiger partial charge in [-0.05, 0) is 30.5 Å². The zero-order chi connectivity index (χ0) is 14.7. The van der Waals surface area contributed by atoms with Crippen LogP contribution in [0, 0.1) is 5.92 Å². The molecule has 6 nitrogen and oxygen atoms in total. The SMILES string of the molecule is O=C1CCC(C(=O)NCCc2ccc3c(c2)OCO3)CN1. The van der Waals surface area contributed by atoms with E-state index in [-0.39, 0.29) is 24.5 Å². The van der Waals surface area contributed by atoms with E-state index < -0.39 is 0 Å². The molecule has 2 heterocycles. The van der Waals surface area contributed by atoms with Crippen LogP contribution in [0.3, 0.4) is 0 Å². The first kappa shape index (κ1) is 13.7. The molecule has 21 heavy (non-hydrogen) atoms. The first-order valence-corrected chi connectivity index (χ1v) is 7.15. The molecule has 0 aliphatic carbocycles. The van der Waals surface area contributed by atoms with Crippen molar-refractivity contribution in [1.29, 1.82) is 0 Å². The maximum Gasteiger partial charge on any atom is 0.231 e. The van der Waals surface area contributed by atoms with Gasteiger partial charge in [0.05, 0.1) is 5.92 Å². The van der Waals surface area contributed by atoms with Gasteiger partial charge in [-0.1, -0.05) is 6.07 Å². The Morgan fingerprint density at radius 2 is 2.19 bits per heavy atom. The Hall–Kier alpha value is -2.24. The van der Waals surface area contributed by atoms with Crippen molar-refractivity contribution in [3.63, 3.8) is 0 Å². The molecule has 2 aliphatic rings. The van der Waals surface area contributed by atoms with Crippen LogP contribution in [0.4, 0.5) is 0 Å². The molecule has 112 valence electrons. The zero-order valence-electron chi connectivity index (χ0n) is 11.7. The predicted octanol–water partition coefficient (Wildman–Crippen LogP) is 0.600. The van der Waals surface area contributed by atoms with Crippen molar-refractivity contribution in [3.8, 4) is 11.5 Å². The van der Waals surface area contributed by atoms with Crippen molar-refractivity contribution in [2.45, 2.75) is 19.3 Å². The van der Waals surface area contributed by atoms with E-state index in [0.29, 0.717) is 25.9 Å². The quantitative estimate of drug-likeness (QED) is 0.851. The fraction of sp³-hybridized carbons (Fsp3) is 0.467. The Morgan fingerprint density at radius 3 is 3.00 bits per heavy atom. The van der Waals surface area contributed by atoms with Crippen molar-refractivity contribution in [3.05, 3.63) is 23.8 Å². The molecule has 2 aliphatic heterocycles. The van der Waals surface area contributed by atoms with Crippen LogP contribution in [0.2, 0.25) is 0 Å². The highest BCUT2D eigenvalue weighted by Crippen LogP contribution is 2.32. The van der Waals surface area contributed by atoms with Crippen molar-refractivity contribution in [2.24, 2.45) is 5.92 Å². The van der Waals surface area contributed by atoms with Gasteiger partial charge in [-0.3, -0.25) is 9.59 Å². The maximum absolute atomic E-state index is 12.0. The lowest BCUT2D eigenvalue weighted by Gasteiger charge is -2.21. The van der Waals surface area contributed by atoms with Crippen molar-refractivity contribution >= 4 is 11.8 Å². The van der Waals surface area contributed by atoms with Crippen molar-refractivity contribution < 1.29 is 19.1 Å². The molecule has 0 aromatic heterocycles. The summed E-state index contributed by atoms with van der Waals surface area (Å²) in [5, 5.41) is 5.64. The van der Waals surface area contributed by atoms with Crippen molar-refractivity contribution in [2.75, 3.05) is 19.9 Å². The number of ether oxygens (including phenoxy) is 2. The van der Waals surface area contributed by atoms with Crippen molar-refractivity contribution in [1.82, 2.24) is 10.6 Å². The normalized spacial score (nSPS) is 20.0. The van der Waals surface area contributed by atoms with Crippen LogP contribution in [0.1, 0.15) is 18.4 Å². The molecule has 1 fully saturated rings. The van der Waals surface area contributed by atoms with Crippen LogP contribution in [0.15, 0.2) is 18.2 Å². The Morgan fingerprint density at radius 1 is 1.33 bits per heavy atom. The van der Waals surface area contributed by atoms with Gasteiger partial charge in [0.1, 0.15) is 0 Å². The number of carbonyl (C=O) groups is 2. The third-order valence-corrected chi connectivity index (χ3v) is 3.79. The Bertz CT molecular complexity index is 549. The molecule has 0 bridgehead atoms. The average molecular weight is 290 g/mol. The topological polar surface area (TPSA) is 76.7 Å². The molecule has 1 atom stereocenters. The third kappa shape index (κ3) is 3.26. The second-order valence-corrected chi connectivity index (χ2v) is 5.27. The molecule has 0 spiro atoms. The second-order valence-electron chi connectivity index (χ2n) is 5.27. The number of hydrogen-bond donors (Lipinski definition) is 2. The highest BCUT2D eigenvalue weighted by Gasteiger charge is 2.23. The summed E-state index contributed by atoms with van der Waals surface area (Å²) in [7, 11) is 0. The largest absolute Gasteiger partial charge is 0.454 e. The van der Waals surface area contributed by atoms with E-state index in [1.165, 1.54) is 0 Å². The number of fused-ring (bicyclic) bond motifs is 1. The zero-order valence-corrected chi connectivity index (χ0v) is 11.7. The molecule has 2 N–H and O–H groups in total. The van der Waals surface area contributed by atoms with Gasteiger partial charge in [0, 0.05) is 19.5 Å². The smallest absolute Gasteiger partial charge is 0.231 e. The molecule has 1 aromatic carbocycles. The first-order chi connectivity index (χ1) is 10.2. The van der Waals surface area contributed by atoms with Crippen LogP contribution in [-0.2, 0) is 16.0 Å². The van der Waals surface area contributed by atoms with Gasteiger partial charge in [-0.15, -0.1) is 0 Å². The molecule has 3 rings (SSSR count). The standard InChI is InChI=1S/C15H18N2O4/c18-14-4-2-11(8-17-14)15(19)16-6-5-10-1-3-12-13(7-10)21-9-20-12/h1,3,7,11H,2,4-6,8-9H2,(H,16,19)(H,17,18). The van der Waals surface area contributed by atoms with E-state index in [0.717, 1.165) is 23.5 Å². The lowest BCUT2D eigenvalue weighted by atomic mass is 9.98. The lowest BCUT2D eigenvalue weighted by Crippen LogP contribution is -2.43. The molecule has 0 saturated carbocycles. The van der Waals surface area contributed by atoms with Crippen LogP contribution in [-0.4, -0.2) is 31.7 Å². The van der Waals surface area contributed by atoms with Gasteiger partial charge in [0.25, 0.3) is 0 Å². The van der Waals surface area contributed by atoms with Gasteiger partial charge in [-0.2, -0.15) is 0 Å².